The normalized spacial score (nSPS) is 21.3. The van der Waals surface area contributed by atoms with Crippen LogP contribution in [-0.4, -0.2) is 98.1 Å². The highest BCUT2D eigenvalue weighted by atomic mass is 16.6. The molecule has 0 N–H and O–H groups in total. The summed E-state index contributed by atoms with van der Waals surface area (Å²) in [6.45, 7) is 12.7. The van der Waals surface area contributed by atoms with Crippen molar-refractivity contribution in [2.45, 2.75) is 51.4 Å². The van der Waals surface area contributed by atoms with Gasteiger partial charge in [-0.2, -0.15) is 5.26 Å². The number of nitriles is 1. The average molecular weight is 459 g/mol. The molecule has 2 aliphatic rings. The zero-order valence-corrected chi connectivity index (χ0v) is 20.5. The average Bonchev–Trinajstić information content (AvgIpc) is 2.75. The van der Waals surface area contributed by atoms with Gasteiger partial charge in [0.2, 0.25) is 0 Å². The van der Waals surface area contributed by atoms with Crippen LogP contribution < -0.4 is 4.74 Å². The Morgan fingerprint density at radius 3 is 2.21 bits per heavy atom. The molecule has 0 aliphatic carbocycles. The topological polar surface area (TPSA) is 78.3 Å². The summed E-state index contributed by atoms with van der Waals surface area (Å²) < 4.78 is 17.4. The lowest BCUT2D eigenvalue weighted by molar-refractivity contribution is -0.138. The Balaban J connectivity index is 1.31. The predicted octanol–water partition coefficient (Wildman–Crippen LogP) is 2.97. The van der Waals surface area contributed by atoms with Crippen molar-refractivity contribution in [1.29, 1.82) is 5.26 Å². The molecule has 2 bridgehead atoms. The standard InChI is InChI=1S/C25H38N4O4/c1-25(2,3)33-24(30)27(4)11-5-12-28-16-22-18-29(19-23(17-28)32-22)13-6-14-31-21-9-7-20(15-26)8-10-21/h7-10,22-23H,5-6,11-14,16-19H2,1-4H3. The van der Waals surface area contributed by atoms with Crippen LogP contribution in [0.25, 0.3) is 0 Å². The van der Waals surface area contributed by atoms with E-state index in [0.29, 0.717) is 18.7 Å². The Kier molecular flexibility index (Phi) is 8.95. The number of carbonyl (C=O) groups is 1. The molecule has 0 aromatic heterocycles. The monoisotopic (exact) mass is 458 g/mol. The molecule has 1 aromatic carbocycles. The van der Waals surface area contributed by atoms with Crippen LogP contribution in [0.15, 0.2) is 24.3 Å². The van der Waals surface area contributed by atoms with Crippen LogP contribution in [0, 0.1) is 11.3 Å². The maximum absolute atomic E-state index is 12.1. The van der Waals surface area contributed by atoms with Crippen molar-refractivity contribution in [2.24, 2.45) is 0 Å². The maximum atomic E-state index is 12.1. The van der Waals surface area contributed by atoms with Crippen LogP contribution in [0.5, 0.6) is 5.75 Å². The fourth-order valence-corrected chi connectivity index (χ4v) is 4.29. The molecule has 2 atom stereocenters. The number of morpholine rings is 2. The second kappa shape index (κ2) is 11.7. The first-order chi connectivity index (χ1) is 15.7. The lowest BCUT2D eigenvalue weighted by atomic mass is 10.1. The molecule has 33 heavy (non-hydrogen) atoms. The summed E-state index contributed by atoms with van der Waals surface area (Å²) in [6, 6.07) is 9.36. The third-order valence-corrected chi connectivity index (χ3v) is 5.78. The molecule has 2 heterocycles. The van der Waals surface area contributed by atoms with Gasteiger partial charge in [-0.25, -0.2) is 4.79 Å². The van der Waals surface area contributed by atoms with Crippen molar-refractivity contribution in [3.63, 3.8) is 0 Å². The Morgan fingerprint density at radius 2 is 1.67 bits per heavy atom. The summed E-state index contributed by atoms with van der Waals surface area (Å²) in [4.78, 5) is 18.7. The fourth-order valence-electron chi connectivity index (χ4n) is 4.29. The largest absolute Gasteiger partial charge is 0.494 e. The predicted molar refractivity (Wildman–Crippen MR) is 126 cm³/mol. The quantitative estimate of drug-likeness (QED) is 0.527. The summed E-state index contributed by atoms with van der Waals surface area (Å²) in [7, 11) is 1.80. The maximum Gasteiger partial charge on any atom is 0.410 e. The first-order valence-electron chi connectivity index (χ1n) is 11.9. The lowest BCUT2D eigenvalue weighted by Crippen LogP contribution is -2.59. The summed E-state index contributed by atoms with van der Waals surface area (Å²) in [6.07, 6.45) is 2.09. The smallest absolute Gasteiger partial charge is 0.410 e. The molecule has 0 radical (unpaired) electrons. The van der Waals surface area contributed by atoms with Crippen molar-refractivity contribution < 1.29 is 19.0 Å². The third kappa shape index (κ3) is 8.50. The molecule has 2 aliphatic heterocycles. The van der Waals surface area contributed by atoms with Gasteiger partial charge in [-0.15, -0.1) is 0 Å². The number of hydrogen-bond donors (Lipinski definition) is 0. The second-order valence-electron chi connectivity index (χ2n) is 9.99. The van der Waals surface area contributed by atoms with Crippen LogP contribution in [-0.2, 0) is 9.47 Å². The van der Waals surface area contributed by atoms with Crippen LogP contribution in [0.4, 0.5) is 4.79 Å². The van der Waals surface area contributed by atoms with E-state index < -0.39 is 5.60 Å². The van der Waals surface area contributed by atoms with E-state index in [0.717, 1.165) is 57.9 Å². The molecule has 3 rings (SSSR count). The number of amides is 1. The summed E-state index contributed by atoms with van der Waals surface area (Å²) in [5.41, 5.74) is 0.181. The molecule has 182 valence electrons. The SMILES string of the molecule is CN(CCCN1CC2CN(CCCOc3ccc(C#N)cc3)CC(C1)O2)C(=O)OC(C)(C)C. The van der Waals surface area contributed by atoms with E-state index in [1.165, 1.54) is 0 Å². The molecule has 2 unspecified atom stereocenters. The Bertz CT molecular complexity index is 788. The number of rotatable bonds is 9. The van der Waals surface area contributed by atoms with Crippen LogP contribution in [0.1, 0.15) is 39.2 Å². The first kappa shape index (κ1) is 25.3. The highest BCUT2D eigenvalue weighted by molar-refractivity contribution is 5.67. The van der Waals surface area contributed by atoms with E-state index >= 15 is 0 Å². The second-order valence-corrected chi connectivity index (χ2v) is 9.99. The molecular weight excluding hydrogens is 420 g/mol. The van der Waals surface area contributed by atoms with Gasteiger partial charge in [-0.3, -0.25) is 9.80 Å². The zero-order valence-electron chi connectivity index (χ0n) is 20.5. The third-order valence-electron chi connectivity index (χ3n) is 5.78. The van der Waals surface area contributed by atoms with Gasteiger partial charge < -0.3 is 19.1 Å². The van der Waals surface area contributed by atoms with E-state index in [1.54, 1.807) is 24.1 Å². The molecule has 2 fully saturated rings. The summed E-state index contributed by atoms with van der Waals surface area (Å²) in [5, 5.41) is 8.86. The van der Waals surface area contributed by atoms with E-state index in [9.17, 15) is 4.79 Å². The fraction of sp³-hybridized carbons (Fsp3) is 0.680. The van der Waals surface area contributed by atoms with Gasteiger partial charge in [0.05, 0.1) is 30.4 Å². The molecule has 8 nitrogen and oxygen atoms in total. The molecule has 2 saturated heterocycles. The van der Waals surface area contributed by atoms with Crippen LogP contribution in [0.2, 0.25) is 0 Å². The highest BCUT2D eigenvalue weighted by Gasteiger charge is 2.34. The minimum absolute atomic E-state index is 0.237. The highest BCUT2D eigenvalue weighted by Crippen LogP contribution is 2.20. The molecule has 8 heteroatoms. The number of fused-ring (bicyclic) bond motifs is 2. The number of carbonyl (C=O) groups excluding carboxylic acids is 1. The number of benzene rings is 1. The molecule has 1 aromatic rings. The van der Waals surface area contributed by atoms with Crippen LogP contribution in [0.3, 0.4) is 0 Å². The number of hydrogen-bond acceptors (Lipinski definition) is 7. The van der Waals surface area contributed by atoms with Gasteiger partial charge in [0, 0.05) is 52.9 Å². The van der Waals surface area contributed by atoms with E-state index in [2.05, 4.69) is 15.9 Å². The first-order valence-corrected chi connectivity index (χ1v) is 11.9. The van der Waals surface area contributed by atoms with Crippen molar-refractivity contribution >= 4 is 6.09 Å². The summed E-state index contributed by atoms with van der Waals surface area (Å²) in [5.74, 6) is 0.806. The van der Waals surface area contributed by atoms with Crippen molar-refractivity contribution in [1.82, 2.24) is 14.7 Å². The number of nitrogens with zero attached hydrogens (tertiary/aromatic N) is 4. The Morgan fingerprint density at radius 1 is 1.09 bits per heavy atom. The minimum Gasteiger partial charge on any atom is -0.494 e. The van der Waals surface area contributed by atoms with E-state index in [1.807, 2.05) is 32.9 Å². The number of ether oxygens (including phenoxy) is 3. The summed E-state index contributed by atoms with van der Waals surface area (Å²) >= 11 is 0. The Labute approximate surface area is 198 Å². The van der Waals surface area contributed by atoms with Gasteiger partial charge in [0.25, 0.3) is 0 Å². The van der Waals surface area contributed by atoms with Gasteiger partial charge >= 0.3 is 6.09 Å². The van der Waals surface area contributed by atoms with Crippen molar-refractivity contribution in [3.05, 3.63) is 29.8 Å². The molecular formula is C25H38N4O4. The van der Waals surface area contributed by atoms with Gasteiger partial charge in [-0.1, -0.05) is 0 Å². The van der Waals surface area contributed by atoms with Crippen LogP contribution >= 0.6 is 0 Å². The van der Waals surface area contributed by atoms with Gasteiger partial charge in [0.15, 0.2) is 0 Å². The van der Waals surface area contributed by atoms with Gasteiger partial charge in [0.1, 0.15) is 11.4 Å². The van der Waals surface area contributed by atoms with E-state index in [4.69, 9.17) is 19.5 Å². The molecule has 0 saturated carbocycles. The van der Waals surface area contributed by atoms with Crippen molar-refractivity contribution in [2.75, 3.05) is 59.5 Å². The molecule has 1 amide bonds. The minimum atomic E-state index is -0.464. The van der Waals surface area contributed by atoms with E-state index in [-0.39, 0.29) is 18.3 Å². The lowest BCUT2D eigenvalue weighted by Gasteiger charge is -2.46. The van der Waals surface area contributed by atoms with Crippen molar-refractivity contribution in [3.8, 4) is 11.8 Å². The zero-order chi connectivity index (χ0) is 23.8. The Hall–Kier alpha value is -2.34. The molecule has 0 spiro atoms. The van der Waals surface area contributed by atoms with Gasteiger partial charge in [-0.05, 0) is 57.9 Å².